The zero-order valence-electron chi connectivity index (χ0n) is 27.7. The van der Waals surface area contributed by atoms with Gasteiger partial charge in [0.1, 0.15) is 9.81 Å². The number of carbonyl (C=O) groups excluding carboxylic acids is 4. The van der Waals surface area contributed by atoms with Crippen molar-refractivity contribution in [3.05, 3.63) is 123 Å². The van der Waals surface area contributed by atoms with Crippen LogP contribution in [0.1, 0.15) is 38.8 Å². The topological polar surface area (TPSA) is 262 Å². The monoisotopic (exact) mass is 769 g/mol. The number of hydrogen-bond donors (Lipinski definition) is 7. The van der Waals surface area contributed by atoms with Crippen LogP contribution in [-0.4, -0.2) is 60.9 Å². The molecular formula is C35H27N7O10S2. The number of hydrazone groups is 2. The minimum absolute atomic E-state index is 0.0116. The maximum absolute atomic E-state index is 13.4. The first kappa shape index (κ1) is 37.0. The van der Waals surface area contributed by atoms with Crippen LogP contribution in [0.15, 0.2) is 111 Å². The van der Waals surface area contributed by atoms with Crippen LogP contribution in [0, 0.1) is 0 Å². The van der Waals surface area contributed by atoms with E-state index in [2.05, 4.69) is 37.0 Å². The number of urea groups is 1. The fourth-order valence-corrected chi connectivity index (χ4v) is 6.63. The summed E-state index contributed by atoms with van der Waals surface area (Å²) in [7, 11) is -9.88. The third kappa shape index (κ3) is 8.29. The number of anilines is 5. The van der Waals surface area contributed by atoms with Gasteiger partial charge in [-0.25, -0.2) is 4.79 Å². The number of hydrogen-bond acceptors (Lipinski definition) is 12. The smallest absolute Gasteiger partial charge is 0.323 e. The number of Topliss-reactive ketones (excluding diaryl/α,β-unsaturated/α-hetero) is 2. The van der Waals surface area contributed by atoms with Gasteiger partial charge in [0, 0.05) is 35.1 Å². The Hall–Kier alpha value is -6.80. The molecule has 0 saturated heterocycles. The number of nitrogens with one attached hydrogen (secondary N) is 5. The van der Waals surface area contributed by atoms with Gasteiger partial charge in [-0.3, -0.25) is 34.3 Å². The maximum Gasteiger partial charge on any atom is 0.323 e. The minimum Gasteiger partial charge on any atom is -0.326 e. The van der Waals surface area contributed by atoms with Crippen molar-refractivity contribution in [1.29, 1.82) is 0 Å². The van der Waals surface area contributed by atoms with Crippen molar-refractivity contribution in [1.82, 2.24) is 0 Å². The zero-order chi connectivity index (χ0) is 38.8. The van der Waals surface area contributed by atoms with Gasteiger partial charge in [0.15, 0.2) is 11.4 Å². The molecule has 0 unspecified atom stereocenters. The van der Waals surface area contributed by atoms with Crippen LogP contribution < -0.4 is 26.8 Å². The first-order chi connectivity index (χ1) is 25.6. The average Bonchev–Trinajstić information content (AvgIpc) is 3.10. The molecule has 0 atom stereocenters. The summed E-state index contributed by atoms with van der Waals surface area (Å²) in [5, 5.41) is 15.5. The fraction of sp³-hybridized carbons (Fsp3) is 0.0286. The second-order valence-electron chi connectivity index (χ2n) is 11.6. The summed E-state index contributed by atoms with van der Waals surface area (Å²) in [5.41, 5.74) is 5.68. The van der Waals surface area contributed by atoms with Crippen molar-refractivity contribution < 1.29 is 45.1 Å². The molecule has 4 aromatic carbocycles. The van der Waals surface area contributed by atoms with Gasteiger partial charge < -0.3 is 16.0 Å². The van der Waals surface area contributed by atoms with Gasteiger partial charge in [0.25, 0.3) is 20.2 Å². The van der Waals surface area contributed by atoms with Crippen molar-refractivity contribution in [3.63, 3.8) is 0 Å². The van der Waals surface area contributed by atoms with Crippen LogP contribution in [0.4, 0.5) is 33.2 Å². The zero-order valence-corrected chi connectivity index (χ0v) is 29.3. The molecule has 19 heteroatoms. The molecule has 4 aromatic rings. The SMILES string of the molecule is CC(=O)Nc1ccc(N/N=C2/C(=O)c3ccc(NC(=O)Nc4ccc5c(c4)C=C(S(=O)(=O)O)/C(=N\Nc4ccccc4)C5=O)cc3C=C2S(=O)(=O)O)cc1. The summed E-state index contributed by atoms with van der Waals surface area (Å²) in [4.78, 5) is 49.3. The summed E-state index contributed by atoms with van der Waals surface area (Å²) in [5.74, 6) is -1.93. The third-order valence-electron chi connectivity index (χ3n) is 7.71. The molecule has 0 radical (unpaired) electrons. The van der Waals surface area contributed by atoms with Crippen LogP contribution in [0.25, 0.3) is 12.2 Å². The highest BCUT2D eigenvalue weighted by atomic mass is 32.2. The van der Waals surface area contributed by atoms with Gasteiger partial charge in [-0.1, -0.05) is 18.2 Å². The number of carbonyl (C=O) groups is 4. The highest BCUT2D eigenvalue weighted by Gasteiger charge is 2.34. The van der Waals surface area contributed by atoms with Crippen molar-refractivity contribution in [3.8, 4) is 0 Å². The molecule has 0 spiro atoms. The summed E-state index contributed by atoms with van der Waals surface area (Å²) in [6.07, 6.45) is 2.05. The Kier molecular flexibility index (Phi) is 10.0. The molecule has 6 rings (SSSR count). The van der Waals surface area contributed by atoms with Gasteiger partial charge >= 0.3 is 6.03 Å². The molecule has 0 bridgehead atoms. The molecule has 0 aromatic heterocycles. The molecule has 0 heterocycles. The average molecular weight is 770 g/mol. The van der Waals surface area contributed by atoms with Crippen LogP contribution in [-0.2, 0) is 25.0 Å². The lowest BCUT2D eigenvalue weighted by molar-refractivity contribution is -0.114. The number of benzene rings is 4. The number of fused-ring (bicyclic) bond motifs is 2. The van der Waals surface area contributed by atoms with E-state index in [4.69, 9.17) is 0 Å². The number of amides is 3. The van der Waals surface area contributed by atoms with Gasteiger partial charge in [-0.15, -0.1) is 0 Å². The predicted octanol–water partition coefficient (Wildman–Crippen LogP) is 5.08. The Balaban J connectivity index is 1.20. The highest BCUT2D eigenvalue weighted by molar-refractivity contribution is 7.91. The normalized spacial score (nSPS) is 15.4. The summed E-state index contributed by atoms with van der Waals surface area (Å²) >= 11 is 0. The molecular weight excluding hydrogens is 743 g/mol. The van der Waals surface area contributed by atoms with Gasteiger partial charge in [0.2, 0.25) is 17.5 Å². The first-order valence-corrected chi connectivity index (χ1v) is 18.4. The Bertz CT molecular complexity index is 2600. The molecule has 54 heavy (non-hydrogen) atoms. The largest absolute Gasteiger partial charge is 0.326 e. The van der Waals surface area contributed by atoms with Crippen LogP contribution in [0.5, 0.6) is 0 Å². The van der Waals surface area contributed by atoms with E-state index in [1.54, 1.807) is 42.5 Å². The summed E-state index contributed by atoms with van der Waals surface area (Å²) in [6, 6.07) is 21.7. The minimum atomic E-state index is -4.97. The van der Waals surface area contributed by atoms with Crippen LogP contribution >= 0.6 is 0 Å². The Morgan fingerprint density at radius 1 is 0.556 bits per heavy atom. The van der Waals surface area contributed by atoms with E-state index >= 15 is 0 Å². The summed E-state index contributed by atoms with van der Waals surface area (Å²) in [6.45, 7) is 1.34. The van der Waals surface area contributed by atoms with Crippen LogP contribution in [0.2, 0.25) is 0 Å². The van der Waals surface area contributed by atoms with E-state index in [9.17, 15) is 45.1 Å². The second kappa shape index (κ2) is 14.7. The lowest BCUT2D eigenvalue weighted by atomic mass is 9.94. The number of para-hydroxylation sites is 1. The molecule has 17 nitrogen and oxygen atoms in total. The van der Waals surface area contributed by atoms with Gasteiger partial charge in [-0.05, 0) is 96.1 Å². The van der Waals surface area contributed by atoms with Crippen LogP contribution in [0.3, 0.4) is 0 Å². The van der Waals surface area contributed by atoms with E-state index in [1.165, 1.54) is 55.5 Å². The molecule has 7 N–H and O–H groups in total. The van der Waals surface area contributed by atoms with Gasteiger partial charge in [0.05, 0.1) is 11.4 Å². The summed E-state index contributed by atoms with van der Waals surface area (Å²) < 4.78 is 68.9. The number of ketones is 2. The number of rotatable bonds is 9. The predicted molar refractivity (Wildman–Crippen MR) is 203 cm³/mol. The van der Waals surface area contributed by atoms with Gasteiger partial charge in [-0.2, -0.15) is 27.0 Å². The third-order valence-corrected chi connectivity index (χ3v) is 9.44. The lowest BCUT2D eigenvalue weighted by Gasteiger charge is -2.18. The van der Waals surface area contributed by atoms with Crippen molar-refractivity contribution >= 4 is 95.8 Å². The Morgan fingerprint density at radius 3 is 1.39 bits per heavy atom. The molecule has 3 amide bonds. The van der Waals surface area contributed by atoms with E-state index in [0.29, 0.717) is 17.1 Å². The maximum atomic E-state index is 13.4. The lowest BCUT2D eigenvalue weighted by Crippen LogP contribution is -2.27. The van der Waals surface area contributed by atoms with E-state index < -0.39 is 59.1 Å². The second-order valence-corrected chi connectivity index (χ2v) is 14.4. The molecule has 0 fully saturated rings. The highest BCUT2D eigenvalue weighted by Crippen LogP contribution is 2.30. The quantitative estimate of drug-likeness (QED) is 0.0869. The fourth-order valence-electron chi connectivity index (χ4n) is 5.31. The standard InChI is InChI=1S/C35H27N7O10S2/c1-19(43)36-22-7-9-24(10-8-22)40-42-32-30(54(50,51)52)18-21-16-26(12-14-28(21)34(32)45)38-35(46)37-25-11-13-27-20(15-25)17-29(53(47,48)49)31(33(27)44)41-39-23-5-3-2-4-6-23/h2-18,39-40H,1H3,(H,36,43)(H2,37,38,46)(H,47,48,49)(H,50,51,52)/b41-31+,42-32+. The van der Waals surface area contributed by atoms with Crippen molar-refractivity contribution in [2.45, 2.75) is 6.92 Å². The molecule has 0 saturated carbocycles. The number of nitrogens with zero attached hydrogens (tertiary/aromatic N) is 2. The first-order valence-electron chi connectivity index (χ1n) is 15.5. The Labute approximate surface area is 307 Å². The molecule has 0 aliphatic heterocycles. The Morgan fingerprint density at radius 2 is 0.963 bits per heavy atom. The van der Waals surface area contributed by atoms with E-state index in [0.717, 1.165) is 12.2 Å². The molecule has 2 aliphatic carbocycles. The van der Waals surface area contributed by atoms with Crippen molar-refractivity contribution in [2.75, 3.05) is 26.8 Å². The van der Waals surface area contributed by atoms with Crippen molar-refractivity contribution in [2.24, 2.45) is 10.2 Å². The van der Waals surface area contributed by atoms with E-state index in [1.807, 2.05) is 0 Å². The van der Waals surface area contributed by atoms with E-state index in [-0.39, 0.29) is 39.5 Å². The molecule has 2 aliphatic rings. The molecule has 274 valence electrons. The number of allylic oxidation sites excluding steroid dienone is 2.